The molecule has 0 aliphatic rings. The van der Waals surface area contributed by atoms with E-state index in [0.29, 0.717) is 113 Å². The second kappa shape index (κ2) is 118. The van der Waals surface area contributed by atoms with Gasteiger partial charge in [-0.15, -0.1) is 11.8 Å². The Kier molecular flexibility index (Phi) is 136. The number of allylic oxidation sites excluding steroid dienone is 4. The maximum Gasteiger partial charge on any atom is 0.407 e. The Bertz CT molecular complexity index is 2540. The fraction of sp³-hybridized carbons (Fsp3) is 0.881. The molecule has 0 aromatic rings. The van der Waals surface area contributed by atoms with Gasteiger partial charge in [0.05, 0.1) is 31.5 Å². The summed E-state index contributed by atoms with van der Waals surface area (Å²) in [5, 5.41) is 34.2. The van der Waals surface area contributed by atoms with Gasteiger partial charge in [0.1, 0.15) is 0 Å². The van der Waals surface area contributed by atoms with E-state index in [1.165, 1.54) is 51.4 Å². The molecular weight excluding hydrogens is 1830 g/mol. The largest absolute Gasteiger partial charge is 0.471 e. The first-order valence-corrected chi connectivity index (χ1v) is 57.1. The molecule has 0 saturated carbocycles. The molecule has 854 valence electrons. The van der Waals surface area contributed by atoms with Crippen LogP contribution in [0.2, 0.25) is 0 Å². The average Bonchev–Trinajstić information content (AvgIpc) is 1.02. The summed E-state index contributed by atoms with van der Waals surface area (Å²) in [6, 6.07) is 1.99. The average molecular weight is 2080 g/mol. The van der Waals surface area contributed by atoms with Crippen LogP contribution < -0.4 is 58.5 Å². The molecule has 0 radical (unpaired) electrons. The molecule has 6 amide bonds. The summed E-state index contributed by atoms with van der Waals surface area (Å²) in [5.74, 6) is 18.0. The molecule has 0 spiro atoms. The van der Waals surface area contributed by atoms with E-state index in [1.807, 2.05) is 96.9 Å². The van der Waals surface area contributed by atoms with Gasteiger partial charge in [-0.2, -0.15) is 0 Å². The number of hydrogen-bond acceptors (Lipinski definition) is 14. The van der Waals surface area contributed by atoms with E-state index in [4.69, 9.17) is 60.3 Å². The van der Waals surface area contributed by atoms with E-state index < -0.39 is 0 Å². The minimum atomic E-state index is -0.314. The van der Waals surface area contributed by atoms with Crippen LogP contribution in [0.3, 0.4) is 0 Å². The molecule has 0 aliphatic carbocycles. The zero-order valence-corrected chi connectivity index (χ0v) is 106. The van der Waals surface area contributed by atoms with E-state index in [0.717, 1.165) is 138 Å². The molecule has 24 heteroatoms. The highest BCUT2D eigenvalue weighted by Gasteiger charge is 2.11. The Morgan fingerprint density at radius 3 is 0.958 bits per heavy atom. The molecule has 21 nitrogen and oxygen atoms in total. The van der Waals surface area contributed by atoms with Gasteiger partial charge >= 0.3 is 18.2 Å². The predicted octanol–water partition coefficient (Wildman–Crippen LogP) is 31.2. The van der Waals surface area contributed by atoms with Crippen LogP contribution in [-0.2, 0) is 33.3 Å². The van der Waals surface area contributed by atoms with E-state index >= 15 is 0 Å². The van der Waals surface area contributed by atoms with E-state index in [2.05, 4.69) is 358 Å². The summed E-state index contributed by atoms with van der Waals surface area (Å²) in [5.41, 5.74) is 0. The van der Waals surface area contributed by atoms with Gasteiger partial charge in [0.15, 0.2) is 5.11 Å². The third kappa shape index (κ3) is 212. The third-order valence-corrected chi connectivity index (χ3v) is 18.4. The lowest BCUT2D eigenvalue weighted by Crippen LogP contribution is -2.40. The molecule has 11 N–H and O–H groups in total. The number of carbonyl (C=O) groups is 5. The van der Waals surface area contributed by atoms with E-state index in [1.54, 1.807) is 0 Å². The molecule has 0 bridgehead atoms. The highest BCUT2D eigenvalue weighted by atomic mass is 32.1. The van der Waals surface area contributed by atoms with Crippen LogP contribution >= 0.6 is 36.7 Å². The monoisotopic (exact) mass is 2080 g/mol. The van der Waals surface area contributed by atoms with Gasteiger partial charge in [0.25, 0.3) is 10.3 Å². The van der Waals surface area contributed by atoms with Crippen molar-refractivity contribution < 1.29 is 47.7 Å². The van der Waals surface area contributed by atoms with Gasteiger partial charge < -0.3 is 82.2 Å². The minimum Gasteiger partial charge on any atom is -0.471 e. The van der Waals surface area contributed by atoms with Crippen molar-refractivity contribution in [3.8, 4) is 11.8 Å². The van der Waals surface area contributed by atoms with E-state index in [9.17, 15) is 24.0 Å². The maximum absolute atomic E-state index is 11.0. The van der Waals surface area contributed by atoms with Crippen molar-refractivity contribution in [1.82, 2.24) is 58.5 Å². The second-order valence-corrected chi connectivity index (χ2v) is 47.4. The van der Waals surface area contributed by atoms with Gasteiger partial charge in [-0.3, -0.25) is 9.59 Å². The molecule has 0 rings (SSSR count). The zero-order chi connectivity index (χ0) is 114. The molecule has 0 fully saturated rings. The smallest absolute Gasteiger partial charge is 0.407 e. The minimum absolute atomic E-state index is 0.0379. The lowest BCUT2D eigenvalue weighted by molar-refractivity contribution is -0.124. The van der Waals surface area contributed by atoms with Crippen molar-refractivity contribution in [1.29, 1.82) is 0 Å². The topological polar surface area (TPSA) is 264 Å². The van der Waals surface area contributed by atoms with Crippen LogP contribution in [-0.4, -0.2) is 159 Å². The van der Waals surface area contributed by atoms with Gasteiger partial charge in [-0.1, -0.05) is 274 Å². The highest BCUT2D eigenvalue weighted by Crippen LogP contribution is 2.11. The van der Waals surface area contributed by atoms with Gasteiger partial charge in [0.2, 0.25) is 11.8 Å². The fourth-order valence-corrected chi connectivity index (χ4v) is 10.2. The first-order chi connectivity index (χ1) is 65.3. The van der Waals surface area contributed by atoms with Gasteiger partial charge in [-0.05, 0) is 339 Å². The number of thiocarbonyl (C=S) groups is 3. The summed E-state index contributed by atoms with van der Waals surface area (Å²) in [6.07, 6.45) is 28.0. The third-order valence-electron chi connectivity index (χ3n) is 17.7. The number of nitrogens with one attached hydrogen (secondary N) is 11. The lowest BCUT2D eigenvalue weighted by atomic mass is 10.1. The van der Waals surface area contributed by atoms with Crippen LogP contribution in [0.1, 0.15) is 469 Å². The molecule has 142 heavy (non-hydrogen) atoms. The summed E-state index contributed by atoms with van der Waals surface area (Å²) in [7, 11) is 0. The second-order valence-electron chi connectivity index (χ2n) is 46.2. The first-order valence-electron chi connectivity index (χ1n) is 55.9. The molecule has 0 atom stereocenters. The number of urea groups is 1. The van der Waals surface area contributed by atoms with Crippen molar-refractivity contribution in [2.75, 3.05) is 59.1 Å². The summed E-state index contributed by atoms with van der Waals surface area (Å²) >= 11 is 15.0. The van der Waals surface area contributed by atoms with Crippen molar-refractivity contribution >= 4 is 82.1 Å². The SMILES string of the molecule is CC(C)/C=C/CCC(C)C.CC(C)/C=C\CCC(C)C.CC(C)C#CCCC(C)C.CC(C)CCC(=O)NC(C)C.CC(C)CCNC(=O)C(C)C.CC(C)CCNC(=O)NC(C)C.CC(C)CCNC(=O)OC(C)C.CC(C)CCNC(=S)NC(C)C.CC(C)CCNC(=S)OC(C)C.CC(C)CCNC(C)C.CC(C)CCOC(=O)NC(C)C.CC(C)CCOC(=S)NC(C)C.CC(C)CCOC(C)C. The van der Waals surface area contributed by atoms with Crippen molar-refractivity contribution in [2.45, 2.75) is 524 Å². The Labute approximate surface area is 902 Å². The van der Waals surface area contributed by atoms with E-state index in [-0.39, 0.29) is 66.3 Å². The van der Waals surface area contributed by atoms with Crippen molar-refractivity contribution in [3.05, 3.63) is 24.3 Å². The Balaban J connectivity index is -0.000000116. The summed E-state index contributed by atoms with van der Waals surface area (Å²) in [6.45, 7) is 117. The zero-order valence-electron chi connectivity index (χ0n) is 104. The first kappa shape index (κ1) is 165. The molecule has 0 saturated heterocycles. The summed E-state index contributed by atoms with van der Waals surface area (Å²) in [4.78, 5) is 54.9. The highest BCUT2D eigenvalue weighted by molar-refractivity contribution is 7.80. The molecular formula is C118H249N11O10S3. The Morgan fingerprint density at radius 2 is 0.627 bits per heavy atom. The fourth-order valence-electron chi connectivity index (χ4n) is 9.28. The standard InChI is InChI=1S/2C10H20.C10H18.C9H20N2O.C9H20N2S.2C9H19NO2.2C9H19NOS.2C9H19NO.C8H19N.C8H18O/c3*1-9(2)7-5-6-8-10(3)4;2*1-7(2)5-6-10-9(12)11-8(3)4;1-7(2)5-6-12-9(11)10-8(3)4;1-7(2)5-6-10-9(11)12-8(3)4;1-7(2)5-6-11-9(12)10-8(3)4;1-7(2)5-6-10-9(12)11-8(3)4;1-7(2)5-6-10-9(11)8(3)4;1-7(2)5-6-9(11)10-8(3)4;2*1-7(2)5-6-9-8(3)4/h2*5,7,9-10H,6,8H2,1-4H3;9-10H,5,7H2,1-4H3;2*7-8H,5-6H2,1-4H3,(H2,10,11,12);2*7-8H,5-6H2,1-4H3,(H,10,11);2*7-8H,5-6H2,1-4H3,(H,10,12);2*7-8H,5-6H2,1-4H3,(H,10,11);7-9H,5-6H2,1-4H3;7-8H,5-6H2,1-4H3/b7-5+;7-5-;;;;;;;;;;;. The van der Waals surface area contributed by atoms with Crippen LogP contribution in [0.5, 0.6) is 0 Å². The maximum atomic E-state index is 11.0. The molecule has 0 aliphatic heterocycles. The number of ether oxygens (including phenoxy) is 5. The van der Waals surface area contributed by atoms with Crippen LogP contribution in [0.15, 0.2) is 24.3 Å². The molecule has 0 heterocycles. The summed E-state index contributed by atoms with van der Waals surface area (Å²) < 4.78 is 25.7. The van der Waals surface area contributed by atoms with Crippen LogP contribution in [0.25, 0.3) is 0 Å². The Morgan fingerprint density at radius 1 is 0.289 bits per heavy atom. The normalized spacial score (nSPS) is 10.8. The van der Waals surface area contributed by atoms with Crippen molar-refractivity contribution in [3.63, 3.8) is 0 Å². The number of carbonyl (C=O) groups excluding carboxylic acids is 5. The van der Waals surface area contributed by atoms with Crippen LogP contribution in [0, 0.1) is 112 Å². The van der Waals surface area contributed by atoms with Gasteiger partial charge in [-0.25, -0.2) is 14.4 Å². The number of hydrogen-bond donors (Lipinski definition) is 11. The quantitative estimate of drug-likeness (QED) is 0.0154. The predicted molar refractivity (Wildman–Crippen MR) is 641 cm³/mol. The number of alkyl carbamates (subject to hydrolysis) is 2. The van der Waals surface area contributed by atoms with Crippen molar-refractivity contribution in [2.24, 2.45) is 101 Å². The number of rotatable bonds is 50. The van der Waals surface area contributed by atoms with Crippen LogP contribution in [0.4, 0.5) is 14.4 Å². The number of amides is 6. The molecule has 0 aromatic heterocycles. The Hall–Kier alpha value is -5.22. The van der Waals surface area contributed by atoms with Gasteiger partial charge in [0, 0.05) is 100 Å². The lowest BCUT2D eigenvalue weighted by Gasteiger charge is -2.13. The molecule has 0 aromatic carbocycles. The molecule has 0 unspecified atom stereocenters.